The number of carboxylic acids is 1. The Morgan fingerprint density at radius 1 is 0.927 bits per heavy atom. The van der Waals surface area contributed by atoms with E-state index < -0.39 is 17.2 Å². The molecule has 1 aliphatic heterocycles. The van der Waals surface area contributed by atoms with Crippen LogP contribution >= 0.6 is 0 Å². The Balaban J connectivity index is 1.24. The quantitative estimate of drug-likeness (QED) is 0.312. The molecule has 3 heterocycles. The van der Waals surface area contributed by atoms with Crippen molar-refractivity contribution in [1.29, 1.82) is 0 Å². The summed E-state index contributed by atoms with van der Waals surface area (Å²) in [5.74, 6) is -1.31. The topological polar surface area (TPSA) is 83.6 Å². The van der Waals surface area contributed by atoms with Crippen LogP contribution in [0.25, 0.3) is 21.9 Å². The Labute approximate surface area is 234 Å². The molecule has 5 aromatic rings. The monoisotopic (exact) mass is 557 g/mol. The van der Waals surface area contributed by atoms with Crippen LogP contribution in [-0.2, 0) is 19.6 Å². The van der Waals surface area contributed by atoms with Crippen LogP contribution in [0.2, 0.25) is 0 Å². The first-order chi connectivity index (χ1) is 19.8. The first kappa shape index (κ1) is 26.6. The van der Waals surface area contributed by atoms with Crippen LogP contribution in [0.3, 0.4) is 0 Å². The number of carboxylic acid groups (broad SMARTS) is 1. The average molecular weight is 558 g/mol. The molecule has 0 amide bonds. The standard InChI is InChI=1S/C31H29F2N5O3/c1-2-36-18-22(31(40)41)30(39)21-15-24(33)28(16-27(21)36)37-13-11-35(12-14-37)19-29-34-25-9-5-6-10-26(25)38(29)17-20-7-3-4-8-23(20)32/h3-10,15-16,18H,2,11-14,17,19H2,1H3,(H,40,41). The minimum atomic E-state index is -1.33. The predicted molar refractivity (Wildman–Crippen MR) is 154 cm³/mol. The number of imidazole rings is 1. The molecule has 0 radical (unpaired) electrons. The number of aromatic carboxylic acids is 1. The summed E-state index contributed by atoms with van der Waals surface area (Å²) < 4.78 is 33.5. The molecule has 0 unspecified atom stereocenters. The van der Waals surface area contributed by atoms with E-state index in [4.69, 9.17) is 4.98 Å². The number of rotatable bonds is 7. The zero-order chi connectivity index (χ0) is 28.7. The summed E-state index contributed by atoms with van der Waals surface area (Å²) in [7, 11) is 0. The van der Waals surface area contributed by atoms with Gasteiger partial charge in [-0.1, -0.05) is 30.3 Å². The van der Waals surface area contributed by atoms with E-state index in [1.165, 1.54) is 12.3 Å². The van der Waals surface area contributed by atoms with Gasteiger partial charge in [-0.25, -0.2) is 18.6 Å². The lowest BCUT2D eigenvalue weighted by atomic mass is 10.1. The number of halogens is 2. The van der Waals surface area contributed by atoms with Crippen LogP contribution < -0.4 is 10.3 Å². The van der Waals surface area contributed by atoms with Crippen molar-refractivity contribution in [3.05, 3.63) is 106 Å². The minimum Gasteiger partial charge on any atom is -0.477 e. The lowest BCUT2D eigenvalue weighted by Gasteiger charge is -2.36. The van der Waals surface area contributed by atoms with Gasteiger partial charge in [-0.05, 0) is 37.3 Å². The van der Waals surface area contributed by atoms with Gasteiger partial charge in [0.2, 0.25) is 5.43 Å². The number of benzene rings is 3. The predicted octanol–water partition coefficient (Wildman–Crippen LogP) is 4.72. The van der Waals surface area contributed by atoms with Crippen molar-refractivity contribution in [3.8, 4) is 0 Å². The number of para-hydroxylation sites is 2. The molecule has 8 nitrogen and oxygen atoms in total. The van der Waals surface area contributed by atoms with Crippen LogP contribution in [0.4, 0.5) is 14.5 Å². The summed E-state index contributed by atoms with van der Waals surface area (Å²) in [5, 5.41) is 9.46. The van der Waals surface area contributed by atoms with Gasteiger partial charge in [0.25, 0.3) is 0 Å². The zero-order valence-corrected chi connectivity index (χ0v) is 22.6. The molecule has 210 valence electrons. The number of pyridine rings is 1. The van der Waals surface area contributed by atoms with E-state index in [-0.39, 0.29) is 16.8 Å². The van der Waals surface area contributed by atoms with E-state index >= 15 is 4.39 Å². The third-order valence-electron chi connectivity index (χ3n) is 7.82. The Morgan fingerprint density at radius 3 is 2.39 bits per heavy atom. The van der Waals surface area contributed by atoms with Crippen molar-refractivity contribution in [1.82, 2.24) is 19.0 Å². The summed E-state index contributed by atoms with van der Waals surface area (Å²) in [6, 6.07) is 17.4. The molecule has 1 aliphatic rings. The van der Waals surface area contributed by atoms with Gasteiger partial charge in [0, 0.05) is 49.9 Å². The molecule has 0 bridgehead atoms. The maximum atomic E-state index is 15.3. The first-order valence-electron chi connectivity index (χ1n) is 13.6. The highest BCUT2D eigenvalue weighted by Gasteiger charge is 2.24. The molecule has 0 aliphatic carbocycles. The van der Waals surface area contributed by atoms with Crippen molar-refractivity contribution in [3.63, 3.8) is 0 Å². The molecule has 2 aromatic heterocycles. The van der Waals surface area contributed by atoms with Gasteiger partial charge in [-0.3, -0.25) is 9.69 Å². The molecule has 1 saturated heterocycles. The molecular weight excluding hydrogens is 528 g/mol. The van der Waals surface area contributed by atoms with Gasteiger partial charge in [0.05, 0.1) is 35.3 Å². The fourth-order valence-electron chi connectivity index (χ4n) is 5.62. The maximum Gasteiger partial charge on any atom is 0.341 e. The molecule has 0 spiro atoms. The van der Waals surface area contributed by atoms with Crippen molar-refractivity contribution < 1.29 is 18.7 Å². The van der Waals surface area contributed by atoms with Gasteiger partial charge in [-0.15, -0.1) is 0 Å². The number of nitrogens with zero attached hydrogens (tertiary/aromatic N) is 5. The lowest BCUT2D eigenvalue weighted by Crippen LogP contribution is -2.46. The summed E-state index contributed by atoms with van der Waals surface area (Å²) in [6.07, 6.45) is 1.32. The first-order valence-corrected chi connectivity index (χ1v) is 13.6. The number of carbonyl (C=O) groups is 1. The number of aryl methyl sites for hydroxylation is 1. The molecule has 1 N–H and O–H groups in total. The van der Waals surface area contributed by atoms with Gasteiger partial charge >= 0.3 is 5.97 Å². The Morgan fingerprint density at radius 2 is 1.66 bits per heavy atom. The Kier molecular flexibility index (Phi) is 7.00. The highest BCUT2D eigenvalue weighted by molar-refractivity contribution is 5.93. The molecule has 41 heavy (non-hydrogen) atoms. The zero-order valence-electron chi connectivity index (χ0n) is 22.6. The molecule has 1 fully saturated rings. The van der Waals surface area contributed by atoms with Crippen LogP contribution in [0.1, 0.15) is 28.7 Å². The minimum absolute atomic E-state index is 0.0559. The number of hydrogen-bond acceptors (Lipinski definition) is 5. The van der Waals surface area contributed by atoms with E-state index in [0.717, 1.165) is 22.9 Å². The second-order valence-corrected chi connectivity index (χ2v) is 10.2. The number of aromatic nitrogens is 3. The van der Waals surface area contributed by atoms with E-state index in [2.05, 4.69) is 9.47 Å². The number of anilines is 1. The normalized spacial score (nSPS) is 14.3. The smallest absolute Gasteiger partial charge is 0.341 e. The maximum absolute atomic E-state index is 15.3. The average Bonchev–Trinajstić information content (AvgIpc) is 3.31. The van der Waals surface area contributed by atoms with Gasteiger partial charge in [0.15, 0.2) is 0 Å². The molecule has 10 heteroatoms. The van der Waals surface area contributed by atoms with Gasteiger partial charge in [0.1, 0.15) is 23.0 Å². The summed E-state index contributed by atoms with van der Waals surface area (Å²) in [5.41, 5.74) is 2.21. The van der Waals surface area contributed by atoms with Crippen molar-refractivity contribution in [2.45, 2.75) is 26.6 Å². The third-order valence-corrected chi connectivity index (χ3v) is 7.82. The molecule has 0 atom stereocenters. The van der Waals surface area contributed by atoms with Crippen molar-refractivity contribution in [2.24, 2.45) is 0 Å². The van der Waals surface area contributed by atoms with Crippen LogP contribution in [0, 0.1) is 11.6 Å². The highest BCUT2D eigenvalue weighted by Crippen LogP contribution is 2.27. The number of piperazine rings is 1. The van der Waals surface area contributed by atoms with Gasteiger partial charge in [-0.2, -0.15) is 0 Å². The van der Waals surface area contributed by atoms with E-state index in [1.807, 2.05) is 42.2 Å². The van der Waals surface area contributed by atoms with Crippen LogP contribution in [0.5, 0.6) is 0 Å². The van der Waals surface area contributed by atoms with E-state index in [1.54, 1.807) is 22.8 Å². The van der Waals surface area contributed by atoms with Gasteiger partial charge < -0.3 is 19.1 Å². The van der Waals surface area contributed by atoms with Crippen LogP contribution in [-0.4, -0.2) is 56.3 Å². The Bertz CT molecular complexity index is 1840. The van der Waals surface area contributed by atoms with E-state index in [0.29, 0.717) is 62.6 Å². The van der Waals surface area contributed by atoms with E-state index in [9.17, 15) is 19.1 Å². The highest BCUT2D eigenvalue weighted by atomic mass is 19.1. The van der Waals surface area contributed by atoms with Crippen molar-refractivity contribution >= 4 is 33.6 Å². The summed E-state index contributed by atoms with van der Waals surface area (Å²) in [6.45, 7) is 5.62. The summed E-state index contributed by atoms with van der Waals surface area (Å²) in [4.78, 5) is 33.3. The Hall–Kier alpha value is -4.57. The second kappa shape index (κ2) is 10.8. The molecular formula is C31H29F2N5O3. The fourth-order valence-corrected chi connectivity index (χ4v) is 5.62. The summed E-state index contributed by atoms with van der Waals surface area (Å²) >= 11 is 0. The largest absolute Gasteiger partial charge is 0.477 e. The molecule has 6 rings (SSSR count). The molecule has 3 aromatic carbocycles. The van der Waals surface area contributed by atoms with Crippen LogP contribution in [0.15, 0.2) is 71.7 Å². The number of fused-ring (bicyclic) bond motifs is 2. The second-order valence-electron chi connectivity index (χ2n) is 10.2. The number of hydrogen-bond donors (Lipinski definition) is 1. The third kappa shape index (κ3) is 4.95. The van der Waals surface area contributed by atoms with Crippen molar-refractivity contribution in [2.75, 3.05) is 31.1 Å². The molecule has 0 saturated carbocycles. The fraction of sp³-hybridized carbons (Fsp3) is 0.258. The SMILES string of the molecule is CCn1cc(C(=O)O)c(=O)c2cc(F)c(N3CCN(Cc4nc5ccccc5n4Cc4ccccc4F)CC3)cc21. The lowest BCUT2D eigenvalue weighted by molar-refractivity contribution is 0.0695.